The Balaban J connectivity index is 1.94. The minimum atomic E-state index is -0.808. The molecule has 1 saturated heterocycles. The number of aromatic nitrogens is 1. The van der Waals surface area contributed by atoms with Gasteiger partial charge in [-0.05, 0) is 19.8 Å². The Bertz CT molecular complexity index is 458. The number of aliphatic carboxylic acids is 1. The number of thiazole rings is 1. The van der Waals surface area contributed by atoms with Crippen LogP contribution in [-0.4, -0.2) is 40.0 Å². The van der Waals surface area contributed by atoms with Gasteiger partial charge in [0, 0.05) is 18.5 Å². The van der Waals surface area contributed by atoms with Crippen LogP contribution in [0.25, 0.3) is 0 Å². The molecule has 0 aromatic carbocycles. The molecule has 1 amide bonds. The molecule has 1 aromatic rings. The highest BCUT2D eigenvalue weighted by atomic mass is 32.1. The second-order valence-corrected chi connectivity index (χ2v) is 5.61. The first-order valence-corrected chi connectivity index (χ1v) is 6.86. The number of amides is 1. The molecule has 1 fully saturated rings. The number of carboxylic acids is 1. The lowest BCUT2D eigenvalue weighted by Crippen LogP contribution is -2.43. The Morgan fingerprint density at radius 2 is 2.39 bits per heavy atom. The summed E-state index contributed by atoms with van der Waals surface area (Å²) in [7, 11) is 0. The topological polar surface area (TPSA) is 70.5 Å². The number of nitrogens with zero attached hydrogens (tertiary/aromatic N) is 2. The third-order valence-electron chi connectivity index (χ3n) is 3.12. The van der Waals surface area contributed by atoms with Crippen molar-refractivity contribution < 1.29 is 14.7 Å². The number of hydrogen-bond acceptors (Lipinski definition) is 4. The number of carbonyl (C=O) groups excluding carboxylic acids is 1. The molecular weight excluding hydrogens is 252 g/mol. The fourth-order valence-electron chi connectivity index (χ4n) is 2.16. The minimum absolute atomic E-state index is 0.0220. The van der Waals surface area contributed by atoms with E-state index in [1.54, 1.807) is 4.90 Å². The van der Waals surface area contributed by atoms with Crippen molar-refractivity contribution in [1.29, 1.82) is 0 Å². The van der Waals surface area contributed by atoms with Crippen LogP contribution in [0.15, 0.2) is 5.38 Å². The van der Waals surface area contributed by atoms with Crippen molar-refractivity contribution in [1.82, 2.24) is 9.88 Å². The van der Waals surface area contributed by atoms with Gasteiger partial charge in [0.15, 0.2) is 0 Å². The van der Waals surface area contributed by atoms with E-state index in [0.717, 1.165) is 17.1 Å². The molecule has 0 saturated carbocycles. The number of carbonyl (C=O) groups is 2. The van der Waals surface area contributed by atoms with Crippen molar-refractivity contribution in [2.75, 3.05) is 13.1 Å². The third kappa shape index (κ3) is 3.07. The summed E-state index contributed by atoms with van der Waals surface area (Å²) in [4.78, 5) is 28.9. The van der Waals surface area contributed by atoms with Crippen LogP contribution >= 0.6 is 11.3 Å². The van der Waals surface area contributed by atoms with Crippen LogP contribution < -0.4 is 0 Å². The standard InChI is InChI=1S/C12H16N2O3S/c1-8-13-10(7-18-8)5-11(15)14-4-2-3-9(6-14)12(16)17/h7,9H,2-6H2,1H3,(H,16,17)/t9-/m1/s1. The highest BCUT2D eigenvalue weighted by Gasteiger charge is 2.28. The van der Waals surface area contributed by atoms with Crippen LogP contribution in [0.5, 0.6) is 0 Å². The maximum atomic E-state index is 12.0. The smallest absolute Gasteiger partial charge is 0.308 e. The van der Waals surface area contributed by atoms with Crippen molar-refractivity contribution in [2.24, 2.45) is 5.92 Å². The highest BCUT2D eigenvalue weighted by molar-refractivity contribution is 7.09. The van der Waals surface area contributed by atoms with Gasteiger partial charge in [-0.25, -0.2) is 4.98 Å². The maximum absolute atomic E-state index is 12.0. The van der Waals surface area contributed by atoms with E-state index in [2.05, 4.69) is 4.98 Å². The van der Waals surface area contributed by atoms with Crippen LogP contribution in [0.4, 0.5) is 0 Å². The molecule has 98 valence electrons. The van der Waals surface area contributed by atoms with Gasteiger partial charge in [0.1, 0.15) is 0 Å². The number of rotatable bonds is 3. The van der Waals surface area contributed by atoms with E-state index in [1.807, 2.05) is 12.3 Å². The van der Waals surface area contributed by atoms with Gasteiger partial charge in [0.2, 0.25) is 5.91 Å². The molecule has 1 N–H and O–H groups in total. The van der Waals surface area contributed by atoms with Gasteiger partial charge in [0.05, 0.1) is 23.0 Å². The molecule has 5 nitrogen and oxygen atoms in total. The zero-order valence-corrected chi connectivity index (χ0v) is 11.1. The quantitative estimate of drug-likeness (QED) is 0.897. The van der Waals surface area contributed by atoms with Crippen LogP contribution in [0.1, 0.15) is 23.5 Å². The first-order chi connectivity index (χ1) is 8.56. The summed E-state index contributed by atoms with van der Waals surface area (Å²) >= 11 is 1.52. The van der Waals surface area contributed by atoms with Gasteiger partial charge in [0.25, 0.3) is 0 Å². The molecule has 0 spiro atoms. The molecule has 0 unspecified atom stereocenters. The normalized spacial score (nSPS) is 19.8. The molecule has 1 atom stereocenters. The Morgan fingerprint density at radius 1 is 1.61 bits per heavy atom. The Morgan fingerprint density at radius 3 is 3.00 bits per heavy atom. The van der Waals surface area contributed by atoms with Gasteiger partial charge >= 0.3 is 5.97 Å². The van der Waals surface area contributed by atoms with E-state index in [0.29, 0.717) is 19.5 Å². The van der Waals surface area contributed by atoms with E-state index in [-0.39, 0.29) is 12.3 Å². The van der Waals surface area contributed by atoms with Crippen molar-refractivity contribution >= 4 is 23.2 Å². The van der Waals surface area contributed by atoms with E-state index in [9.17, 15) is 9.59 Å². The molecule has 1 aliphatic rings. The van der Waals surface area contributed by atoms with Crippen LogP contribution in [0.2, 0.25) is 0 Å². The van der Waals surface area contributed by atoms with Gasteiger partial charge < -0.3 is 10.0 Å². The first-order valence-electron chi connectivity index (χ1n) is 5.98. The maximum Gasteiger partial charge on any atom is 0.308 e. The summed E-state index contributed by atoms with van der Waals surface area (Å²) in [5.41, 5.74) is 0.778. The molecule has 0 bridgehead atoms. The minimum Gasteiger partial charge on any atom is -0.481 e. The average molecular weight is 268 g/mol. The lowest BCUT2D eigenvalue weighted by atomic mass is 9.98. The predicted molar refractivity (Wildman–Crippen MR) is 67.5 cm³/mol. The first kappa shape index (κ1) is 13.0. The fourth-order valence-corrected chi connectivity index (χ4v) is 2.77. The molecule has 0 aliphatic carbocycles. The zero-order valence-electron chi connectivity index (χ0n) is 10.3. The molecular formula is C12H16N2O3S. The summed E-state index contributed by atoms with van der Waals surface area (Å²) < 4.78 is 0. The Hall–Kier alpha value is -1.43. The van der Waals surface area contributed by atoms with Gasteiger partial charge in [-0.15, -0.1) is 11.3 Å². The molecule has 2 rings (SSSR count). The number of carboxylic acid groups (broad SMARTS) is 1. The third-order valence-corrected chi connectivity index (χ3v) is 3.94. The van der Waals surface area contributed by atoms with Crippen molar-refractivity contribution in [3.8, 4) is 0 Å². The van der Waals surface area contributed by atoms with Crippen LogP contribution in [0, 0.1) is 12.8 Å². The van der Waals surface area contributed by atoms with Crippen molar-refractivity contribution in [3.63, 3.8) is 0 Å². The zero-order chi connectivity index (χ0) is 13.1. The summed E-state index contributed by atoms with van der Waals surface area (Å²) in [6.45, 7) is 2.89. The number of hydrogen-bond donors (Lipinski definition) is 1. The second kappa shape index (κ2) is 5.48. The molecule has 2 heterocycles. The van der Waals surface area contributed by atoms with E-state index >= 15 is 0 Å². The van der Waals surface area contributed by atoms with Crippen LogP contribution in [-0.2, 0) is 16.0 Å². The largest absolute Gasteiger partial charge is 0.481 e. The van der Waals surface area contributed by atoms with E-state index in [4.69, 9.17) is 5.11 Å². The van der Waals surface area contributed by atoms with E-state index < -0.39 is 11.9 Å². The average Bonchev–Trinajstić information content (AvgIpc) is 2.75. The highest BCUT2D eigenvalue weighted by Crippen LogP contribution is 2.18. The van der Waals surface area contributed by atoms with Crippen LogP contribution in [0.3, 0.4) is 0 Å². The lowest BCUT2D eigenvalue weighted by Gasteiger charge is -2.30. The Labute approximate surface area is 109 Å². The molecule has 18 heavy (non-hydrogen) atoms. The van der Waals surface area contributed by atoms with Crippen molar-refractivity contribution in [2.45, 2.75) is 26.2 Å². The second-order valence-electron chi connectivity index (χ2n) is 4.55. The van der Waals surface area contributed by atoms with Gasteiger partial charge in [-0.1, -0.05) is 0 Å². The summed E-state index contributed by atoms with van der Waals surface area (Å²) in [5.74, 6) is -1.25. The summed E-state index contributed by atoms with van der Waals surface area (Å²) in [6, 6.07) is 0. The summed E-state index contributed by atoms with van der Waals surface area (Å²) in [5, 5.41) is 11.8. The number of piperidine rings is 1. The number of aryl methyl sites for hydroxylation is 1. The van der Waals surface area contributed by atoms with Gasteiger partial charge in [-0.2, -0.15) is 0 Å². The molecule has 6 heteroatoms. The lowest BCUT2D eigenvalue weighted by molar-refractivity contribution is -0.145. The van der Waals surface area contributed by atoms with Gasteiger partial charge in [-0.3, -0.25) is 9.59 Å². The molecule has 1 aromatic heterocycles. The molecule has 0 radical (unpaired) electrons. The molecule has 1 aliphatic heterocycles. The number of likely N-dealkylation sites (tertiary alicyclic amines) is 1. The SMILES string of the molecule is Cc1nc(CC(=O)N2CCC[C@@H](C(=O)O)C2)cs1. The van der Waals surface area contributed by atoms with Crippen molar-refractivity contribution in [3.05, 3.63) is 16.1 Å². The Kier molecular flexibility index (Phi) is 3.96. The summed E-state index contributed by atoms with van der Waals surface area (Å²) in [6.07, 6.45) is 1.70. The predicted octanol–water partition coefficient (Wildman–Crippen LogP) is 1.32. The fraction of sp³-hybridized carbons (Fsp3) is 0.583. The monoisotopic (exact) mass is 268 g/mol. The van der Waals surface area contributed by atoms with E-state index in [1.165, 1.54) is 11.3 Å².